The van der Waals surface area contributed by atoms with Gasteiger partial charge in [-0.2, -0.15) is 0 Å². The van der Waals surface area contributed by atoms with E-state index in [2.05, 4.69) is 70.2 Å². The quantitative estimate of drug-likeness (QED) is 0.268. The van der Waals surface area contributed by atoms with Crippen LogP contribution in [0.15, 0.2) is 69.6 Å². The fourth-order valence-electron chi connectivity index (χ4n) is 4.88. The molecule has 0 aliphatic rings. The van der Waals surface area contributed by atoms with Crippen LogP contribution < -0.4 is 0 Å². The van der Waals surface area contributed by atoms with Gasteiger partial charge in [0.15, 0.2) is 5.58 Å². The lowest BCUT2D eigenvalue weighted by Gasteiger charge is -2.22. The monoisotopic (exact) mass is 419 g/mol. The van der Waals surface area contributed by atoms with Gasteiger partial charge in [-0.15, -0.1) is 0 Å². The number of nitrogens with zero attached hydrogens (tertiary/aromatic N) is 1. The highest BCUT2D eigenvalue weighted by molar-refractivity contribution is 6.17. The van der Waals surface area contributed by atoms with Gasteiger partial charge in [-0.1, -0.05) is 45.0 Å². The van der Waals surface area contributed by atoms with E-state index in [9.17, 15) is 0 Å². The number of fused-ring (bicyclic) bond motifs is 6. The second kappa shape index (κ2) is 6.46. The minimum atomic E-state index is 0.00891. The average molecular weight is 420 g/mol. The summed E-state index contributed by atoms with van der Waals surface area (Å²) < 4.78 is 12.5. The van der Waals surface area contributed by atoms with Crippen LogP contribution in [0.5, 0.6) is 0 Å². The number of benzene rings is 3. The first-order chi connectivity index (χ1) is 15.3. The van der Waals surface area contributed by atoms with E-state index in [-0.39, 0.29) is 5.41 Å². The summed E-state index contributed by atoms with van der Waals surface area (Å²) in [5, 5.41) is 5.73. The Hall–Kier alpha value is -3.59. The lowest BCUT2D eigenvalue weighted by Crippen LogP contribution is -2.12. The smallest absolute Gasteiger partial charge is 0.161 e. The van der Waals surface area contributed by atoms with E-state index in [0.717, 1.165) is 55.5 Å². The van der Waals surface area contributed by atoms with E-state index in [1.165, 1.54) is 16.3 Å². The minimum Gasteiger partial charge on any atom is -0.461 e. The van der Waals surface area contributed by atoms with Gasteiger partial charge in [-0.25, -0.2) is 0 Å². The first kappa shape index (κ1) is 19.1. The van der Waals surface area contributed by atoms with E-state index in [4.69, 9.17) is 13.8 Å². The molecular formula is C29H25NO2. The van der Waals surface area contributed by atoms with Crippen molar-refractivity contribution in [3.05, 3.63) is 77.7 Å². The average Bonchev–Trinajstić information content (AvgIpc) is 3.29. The normalized spacial score (nSPS) is 12.5. The van der Waals surface area contributed by atoms with Gasteiger partial charge in [0.25, 0.3) is 0 Å². The largest absolute Gasteiger partial charge is 0.461 e. The van der Waals surface area contributed by atoms with Crippen molar-refractivity contribution in [1.82, 2.24) is 4.98 Å². The highest BCUT2D eigenvalue weighted by Gasteiger charge is 2.22. The Balaban J connectivity index is 1.71. The highest BCUT2D eigenvalue weighted by atomic mass is 16.3. The minimum absolute atomic E-state index is 0.00891. The molecule has 0 atom stereocenters. The zero-order chi connectivity index (χ0) is 22.2. The van der Waals surface area contributed by atoms with Crippen LogP contribution in [0.25, 0.3) is 54.9 Å². The van der Waals surface area contributed by atoms with Gasteiger partial charge in [0.1, 0.15) is 22.6 Å². The van der Waals surface area contributed by atoms with E-state index in [0.29, 0.717) is 0 Å². The summed E-state index contributed by atoms with van der Waals surface area (Å²) in [5.74, 6) is 0.927. The van der Waals surface area contributed by atoms with Crippen LogP contribution in [0.2, 0.25) is 0 Å². The molecule has 0 amide bonds. The van der Waals surface area contributed by atoms with Crippen LogP contribution in [-0.2, 0) is 5.41 Å². The summed E-state index contributed by atoms with van der Waals surface area (Å²) in [6.45, 7) is 10.9. The first-order valence-corrected chi connectivity index (χ1v) is 11.1. The Labute approximate surface area is 186 Å². The second-order valence-corrected chi connectivity index (χ2v) is 9.73. The Bertz CT molecular complexity index is 1680. The van der Waals surface area contributed by atoms with Gasteiger partial charge >= 0.3 is 0 Å². The number of hydrogen-bond acceptors (Lipinski definition) is 3. The summed E-state index contributed by atoms with van der Waals surface area (Å²) in [5.41, 5.74) is 6.96. The van der Waals surface area contributed by atoms with Crippen molar-refractivity contribution in [2.75, 3.05) is 0 Å². The zero-order valence-electron chi connectivity index (χ0n) is 19.0. The molecule has 0 fully saturated rings. The number of aryl methyl sites for hydroxylation is 2. The van der Waals surface area contributed by atoms with Crippen molar-refractivity contribution >= 4 is 43.7 Å². The molecule has 0 bridgehead atoms. The standard InChI is InChI=1S/C29H25NO2/c1-16-17(2)31-24-11-10-21-22-12-13-30-26(28(22)32-27(21)25(16)24)19-14-18-8-6-7-9-20(18)23(15-19)29(3,4)5/h6-15H,1-5H3. The maximum Gasteiger partial charge on any atom is 0.161 e. The third-order valence-corrected chi connectivity index (χ3v) is 6.63. The first-order valence-electron chi connectivity index (χ1n) is 11.1. The van der Waals surface area contributed by atoms with Crippen LogP contribution in [0, 0.1) is 13.8 Å². The van der Waals surface area contributed by atoms with Gasteiger partial charge in [0, 0.05) is 28.1 Å². The van der Waals surface area contributed by atoms with Crippen molar-refractivity contribution in [2.45, 2.75) is 40.0 Å². The molecule has 0 radical (unpaired) electrons. The maximum atomic E-state index is 6.56. The molecule has 6 rings (SSSR count). The topological polar surface area (TPSA) is 39.2 Å². The van der Waals surface area contributed by atoms with Crippen molar-refractivity contribution in [2.24, 2.45) is 0 Å². The Morgan fingerprint density at radius 3 is 2.38 bits per heavy atom. The highest BCUT2D eigenvalue weighted by Crippen LogP contribution is 2.41. The van der Waals surface area contributed by atoms with Crippen LogP contribution in [0.1, 0.15) is 37.7 Å². The van der Waals surface area contributed by atoms with Crippen LogP contribution in [0.3, 0.4) is 0 Å². The van der Waals surface area contributed by atoms with Crippen molar-refractivity contribution in [3.8, 4) is 11.3 Å². The van der Waals surface area contributed by atoms with Crippen LogP contribution in [-0.4, -0.2) is 4.98 Å². The molecule has 32 heavy (non-hydrogen) atoms. The van der Waals surface area contributed by atoms with Crippen molar-refractivity contribution in [3.63, 3.8) is 0 Å². The van der Waals surface area contributed by atoms with Gasteiger partial charge in [-0.3, -0.25) is 4.98 Å². The second-order valence-electron chi connectivity index (χ2n) is 9.73. The van der Waals surface area contributed by atoms with Crippen molar-refractivity contribution in [1.29, 1.82) is 0 Å². The van der Waals surface area contributed by atoms with Gasteiger partial charge in [-0.05, 0) is 65.9 Å². The molecule has 3 aromatic carbocycles. The summed E-state index contributed by atoms with van der Waals surface area (Å²) in [6, 6.07) is 19.3. The Morgan fingerprint density at radius 2 is 1.56 bits per heavy atom. The summed E-state index contributed by atoms with van der Waals surface area (Å²) in [7, 11) is 0. The zero-order valence-corrected chi connectivity index (χ0v) is 19.0. The molecule has 0 spiro atoms. The molecule has 3 aromatic heterocycles. The van der Waals surface area contributed by atoms with E-state index in [1.54, 1.807) is 0 Å². The maximum absolute atomic E-state index is 6.56. The molecule has 3 nitrogen and oxygen atoms in total. The fraction of sp³-hybridized carbons (Fsp3) is 0.207. The summed E-state index contributed by atoms with van der Waals surface area (Å²) in [4.78, 5) is 4.79. The molecule has 0 aliphatic heterocycles. The van der Waals surface area contributed by atoms with Crippen LogP contribution in [0.4, 0.5) is 0 Å². The van der Waals surface area contributed by atoms with E-state index >= 15 is 0 Å². The molecule has 158 valence electrons. The molecule has 6 aromatic rings. The van der Waals surface area contributed by atoms with E-state index in [1.807, 2.05) is 25.3 Å². The third kappa shape index (κ3) is 2.64. The number of aromatic nitrogens is 1. The molecule has 0 aliphatic carbocycles. The molecule has 0 N–H and O–H groups in total. The lowest BCUT2D eigenvalue weighted by molar-refractivity contribution is 0.575. The molecule has 3 heteroatoms. The molecular weight excluding hydrogens is 394 g/mol. The summed E-state index contributed by atoms with van der Waals surface area (Å²) in [6.07, 6.45) is 1.89. The Morgan fingerprint density at radius 1 is 0.781 bits per heavy atom. The van der Waals surface area contributed by atoms with Gasteiger partial charge in [0.2, 0.25) is 0 Å². The molecule has 3 heterocycles. The van der Waals surface area contributed by atoms with Gasteiger partial charge in [0.05, 0.1) is 5.39 Å². The number of pyridine rings is 1. The lowest BCUT2D eigenvalue weighted by atomic mass is 9.82. The summed E-state index contributed by atoms with van der Waals surface area (Å²) >= 11 is 0. The number of rotatable bonds is 1. The molecule has 0 unspecified atom stereocenters. The number of hydrogen-bond donors (Lipinski definition) is 0. The van der Waals surface area contributed by atoms with Crippen LogP contribution >= 0.6 is 0 Å². The third-order valence-electron chi connectivity index (χ3n) is 6.63. The number of furan rings is 2. The van der Waals surface area contributed by atoms with Gasteiger partial charge < -0.3 is 8.83 Å². The molecule has 0 saturated carbocycles. The SMILES string of the molecule is Cc1oc2ccc3c4ccnc(-c5cc(C(C)(C)C)c6ccccc6c5)c4oc3c2c1C. The van der Waals surface area contributed by atoms with E-state index < -0.39 is 0 Å². The predicted octanol–water partition coefficient (Wildman–Crippen LogP) is 8.46. The van der Waals surface area contributed by atoms with Crippen molar-refractivity contribution < 1.29 is 8.83 Å². The Kier molecular flexibility index (Phi) is 3.86. The molecule has 0 saturated heterocycles. The fourth-order valence-corrected chi connectivity index (χ4v) is 4.88. The predicted molar refractivity (Wildman–Crippen MR) is 132 cm³/mol.